The fourth-order valence-electron chi connectivity index (χ4n) is 6.93. The second-order valence-electron chi connectivity index (χ2n) is 16.6. The molecule has 0 aromatic heterocycles. The van der Waals surface area contributed by atoms with Crippen LogP contribution in [0.1, 0.15) is 162 Å². The Labute approximate surface area is 392 Å². The summed E-state index contributed by atoms with van der Waals surface area (Å²) in [6.45, 7) is 2.87. The number of hydrogen-bond donors (Lipinski definition) is 8. The zero-order chi connectivity index (χ0) is 49.1. The van der Waals surface area contributed by atoms with Crippen LogP contribution in [0.2, 0.25) is 0 Å². The van der Waals surface area contributed by atoms with Crippen LogP contribution in [0, 0.1) is 0 Å². The molecule has 0 aromatic carbocycles. The van der Waals surface area contributed by atoms with Gasteiger partial charge in [0.1, 0.15) is 43.2 Å². The molecule has 0 aliphatic heterocycles. The molecule has 17 nitrogen and oxygen atoms in total. The van der Waals surface area contributed by atoms with Crippen LogP contribution in [0.3, 0.4) is 0 Å². The highest BCUT2D eigenvalue weighted by molar-refractivity contribution is 7.47. The summed E-state index contributed by atoms with van der Waals surface area (Å²) in [7, 11) is -10.7. The molecular weight excluding hydrogens is 898 g/mol. The van der Waals surface area contributed by atoms with Crippen molar-refractivity contribution in [3.8, 4) is 0 Å². The first-order valence-electron chi connectivity index (χ1n) is 23.9. The molecule has 0 amide bonds. The first-order valence-corrected chi connectivity index (χ1v) is 27.0. The van der Waals surface area contributed by atoms with E-state index in [-0.39, 0.29) is 12.8 Å². The molecule has 19 heteroatoms. The first-order chi connectivity index (χ1) is 31.5. The second kappa shape index (κ2) is 37.5. The Balaban J connectivity index is 2.65. The van der Waals surface area contributed by atoms with Gasteiger partial charge in [-0.05, 0) is 64.2 Å². The Hall–Kier alpha value is -2.34. The SMILES string of the molecule is CC/C=C\CCCCCCCCCCCCCC(=O)O[C@H](COC(=O)CCC/C=C\C/C=C\C=C\[C@H](O)C/C=C\CCCCC)COP(=O)(O)O[C@H]1C(O)C(O)C(O)[C@@H](OP(=O)(O)O)C1O. The zero-order valence-corrected chi connectivity index (χ0v) is 41.0. The van der Waals surface area contributed by atoms with E-state index >= 15 is 0 Å². The van der Waals surface area contributed by atoms with Crippen LogP contribution >= 0.6 is 15.6 Å². The third-order valence-electron chi connectivity index (χ3n) is 10.7. The highest BCUT2D eigenvalue weighted by Gasteiger charge is 2.54. The smallest absolute Gasteiger partial charge is 0.462 e. The average Bonchev–Trinajstić information content (AvgIpc) is 3.27. The normalized spacial score (nSPS) is 22.5. The molecule has 0 aromatic rings. The molecule has 0 bridgehead atoms. The summed E-state index contributed by atoms with van der Waals surface area (Å²) in [5, 5.41) is 51.3. The Kier molecular flexibility index (Phi) is 35.1. The van der Waals surface area contributed by atoms with E-state index in [0.29, 0.717) is 32.1 Å². The number of rotatable bonds is 39. The van der Waals surface area contributed by atoms with Crippen molar-refractivity contribution in [2.45, 2.75) is 210 Å². The predicted octanol–water partition coefficient (Wildman–Crippen LogP) is 8.03. The monoisotopic (exact) mass is 981 g/mol. The van der Waals surface area contributed by atoms with E-state index in [1.165, 1.54) is 44.9 Å². The van der Waals surface area contributed by atoms with Crippen LogP contribution < -0.4 is 0 Å². The number of aliphatic hydroxyl groups is 5. The standard InChI is InChI=1S/C47H82O17P2/c1-3-5-7-9-11-12-13-14-15-16-17-18-23-27-31-35-41(50)62-39(37-61-66(58,59)64-47-44(53)42(51)43(52)46(45(47)54)63-65(55,56)57)36-60-40(49)34-30-26-22-20-19-21-25-29-33-38(48)32-28-24-10-8-6-4-2/h5,7,20-22,24-25,28-29,33,38-39,42-48,51-54H,3-4,6,8-19,23,26-27,30-32,34-37H2,1-2H3,(H,58,59)(H2,55,56,57)/b7-5-,22-20-,25-21-,28-24-,33-29+/t38-,39-,42?,43?,44?,45?,46-,47+/m1/s1. The van der Waals surface area contributed by atoms with Gasteiger partial charge in [0.2, 0.25) is 0 Å². The van der Waals surface area contributed by atoms with Crippen molar-refractivity contribution in [2.24, 2.45) is 0 Å². The number of carbonyl (C=O) groups is 2. The number of esters is 2. The van der Waals surface area contributed by atoms with Gasteiger partial charge in [0.05, 0.1) is 12.7 Å². The number of ether oxygens (including phenoxy) is 2. The first kappa shape index (κ1) is 61.7. The summed E-state index contributed by atoms with van der Waals surface area (Å²) in [6.07, 6.45) is 24.9. The number of hydrogen-bond acceptors (Lipinski definition) is 14. The van der Waals surface area contributed by atoms with E-state index < -0.39 is 89.6 Å². The molecule has 1 rings (SSSR count). The Bertz CT molecular complexity index is 1530. The van der Waals surface area contributed by atoms with Gasteiger partial charge in [-0.25, -0.2) is 9.13 Å². The van der Waals surface area contributed by atoms with Gasteiger partial charge >= 0.3 is 27.6 Å². The molecule has 66 heavy (non-hydrogen) atoms. The highest BCUT2D eigenvalue weighted by Crippen LogP contribution is 2.49. The molecule has 1 fully saturated rings. The van der Waals surface area contributed by atoms with E-state index in [9.17, 15) is 58.9 Å². The summed E-state index contributed by atoms with van der Waals surface area (Å²) < 4.78 is 49.3. The summed E-state index contributed by atoms with van der Waals surface area (Å²) in [5.74, 6) is -1.31. The zero-order valence-electron chi connectivity index (χ0n) is 39.2. The number of allylic oxidation sites excluding steroid dienone is 8. The van der Waals surface area contributed by atoms with Crippen molar-refractivity contribution >= 4 is 27.6 Å². The van der Waals surface area contributed by atoms with Gasteiger partial charge in [-0.15, -0.1) is 0 Å². The van der Waals surface area contributed by atoms with Crippen molar-refractivity contribution in [3.63, 3.8) is 0 Å². The maximum atomic E-state index is 13.0. The number of phosphoric ester groups is 2. The molecule has 0 radical (unpaired) electrons. The lowest BCUT2D eigenvalue weighted by atomic mass is 9.85. The lowest BCUT2D eigenvalue weighted by molar-refractivity contribution is -0.216. The quantitative estimate of drug-likeness (QED) is 0.00951. The number of aliphatic hydroxyl groups excluding tert-OH is 5. The number of carbonyl (C=O) groups excluding carboxylic acids is 2. The van der Waals surface area contributed by atoms with Crippen molar-refractivity contribution in [2.75, 3.05) is 13.2 Å². The van der Waals surface area contributed by atoms with Gasteiger partial charge in [0.15, 0.2) is 6.10 Å². The van der Waals surface area contributed by atoms with E-state index in [2.05, 4.69) is 36.6 Å². The maximum Gasteiger partial charge on any atom is 0.472 e. The summed E-state index contributed by atoms with van der Waals surface area (Å²) in [5.41, 5.74) is 0. The molecule has 1 saturated carbocycles. The maximum absolute atomic E-state index is 13.0. The molecule has 9 atom stereocenters. The van der Waals surface area contributed by atoms with Crippen LogP contribution in [0.15, 0.2) is 60.8 Å². The van der Waals surface area contributed by atoms with Crippen LogP contribution in [-0.4, -0.2) is 114 Å². The summed E-state index contributed by atoms with van der Waals surface area (Å²) in [6, 6.07) is 0. The third-order valence-corrected chi connectivity index (χ3v) is 12.2. The fraction of sp³-hybridized carbons (Fsp3) is 0.745. The minimum absolute atomic E-state index is 0.0113. The van der Waals surface area contributed by atoms with E-state index in [1.807, 2.05) is 30.4 Å². The van der Waals surface area contributed by atoms with E-state index in [0.717, 1.165) is 57.8 Å². The molecule has 0 heterocycles. The minimum atomic E-state index is -5.38. The minimum Gasteiger partial charge on any atom is -0.462 e. The van der Waals surface area contributed by atoms with Crippen LogP contribution in [0.4, 0.5) is 0 Å². The summed E-state index contributed by atoms with van der Waals surface area (Å²) >= 11 is 0. The average molecular weight is 981 g/mol. The van der Waals surface area contributed by atoms with Crippen molar-refractivity contribution in [3.05, 3.63) is 60.8 Å². The molecular formula is C47H82O17P2. The van der Waals surface area contributed by atoms with Gasteiger partial charge in [-0.3, -0.25) is 23.2 Å². The summed E-state index contributed by atoms with van der Waals surface area (Å²) in [4.78, 5) is 54.3. The van der Waals surface area contributed by atoms with Gasteiger partial charge in [0.25, 0.3) is 0 Å². The highest BCUT2D eigenvalue weighted by atomic mass is 31.2. The van der Waals surface area contributed by atoms with Gasteiger partial charge in [0, 0.05) is 12.8 Å². The lowest BCUT2D eigenvalue weighted by Gasteiger charge is -2.43. The molecule has 8 N–H and O–H groups in total. The molecule has 382 valence electrons. The molecule has 0 saturated heterocycles. The number of phosphoric acid groups is 2. The van der Waals surface area contributed by atoms with Crippen molar-refractivity contribution in [1.82, 2.24) is 0 Å². The van der Waals surface area contributed by atoms with Crippen LogP contribution in [0.25, 0.3) is 0 Å². The van der Waals surface area contributed by atoms with Crippen molar-refractivity contribution < 1.29 is 82.0 Å². The van der Waals surface area contributed by atoms with Crippen LogP contribution in [-0.2, 0) is 41.8 Å². The largest absolute Gasteiger partial charge is 0.472 e. The van der Waals surface area contributed by atoms with Gasteiger partial charge in [-0.1, -0.05) is 145 Å². The van der Waals surface area contributed by atoms with Crippen LogP contribution in [0.5, 0.6) is 0 Å². The predicted molar refractivity (Wildman–Crippen MR) is 252 cm³/mol. The van der Waals surface area contributed by atoms with E-state index in [1.54, 1.807) is 12.2 Å². The Morgan fingerprint density at radius 2 is 1.12 bits per heavy atom. The van der Waals surface area contributed by atoms with Gasteiger partial charge in [-0.2, -0.15) is 0 Å². The molecule has 1 aliphatic rings. The lowest BCUT2D eigenvalue weighted by Crippen LogP contribution is -2.64. The Morgan fingerprint density at radius 3 is 1.74 bits per heavy atom. The second-order valence-corrected chi connectivity index (χ2v) is 19.2. The fourth-order valence-corrected chi connectivity index (χ4v) is 8.47. The molecule has 5 unspecified atom stereocenters. The number of unbranched alkanes of at least 4 members (excludes halogenated alkanes) is 15. The third kappa shape index (κ3) is 31.7. The van der Waals surface area contributed by atoms with Crippen molar-refractivity contribution in [1.29, 1.82) is 0 Å². The Morgan fingerprint density at radius 1 is 0.576 bits per heavy atom. The molecule has 0 spiro atoms. The van der Waals surface area contributed by atoms with E-state index in [4.69, 9.17) is 18.5 Å². The molecule has 1 aliphatic carbocycles. The topological polar surface area (TPSA) is 276 Å². The van der Waals surface area contributed by atoms with Gasteiger partial charge < -0.3 is 49.7 Å².